The molecule has 0 bridgehead atoms. The molecule has 1 aliphatic heterocycles. The molecule has 0 atom stereocenters. The molecular weight excluding hydrogens is 186 g/mol. The van der Waals surface area contributed by atoms with Crippen LogP contribution in [0.3, 0.4) is 0 Å². The largest absolute Gasteiger partial charge is 0.487 e. The van der Waals surface area contributed by atoms with Crippen LogP contribution in [0, 0.1) is 0 Å². The minimum atomic E-state index is 0.574. The molecule has 0 unspecified atom stereocenters. The summed E-state index contributed by atoms with van der Waals surface area (Å²) >= 11 is 0. The Morgan fingerprint density at radius 3 is 2.73 bits per heavy atom. The zero-order valence-corrected chi connectivity index (χ0v) is 8.98. The number of hydrogen-bond acceptors (Lipinski definition) is 2. The second kappa shape index (κ2) is 4.87. The maximum Gasteiger partial charge on any atom is 0.143 e. The SMILES string of the molecule is C=CCOc1ccccc1N1CCCC1. The lowest BCUT2D eigenvalue weighted by atomic mass is 10.2. The summed E-state index contributed by atoms with van der Waals surface area (Å²) in [6.45, 7) is 6.53. The van der Waals surface area contributed by atoms with E-state index in [1.165, 1.54) is 18.5 Å². The lowest BCUT2D eigenvalue weighted by molar-refractivity contribution is 0.363. The second-order valence-electron chi connectivity index (χ2n) is 3.76. The monoisotopic (exact) mass is 203 g/mol. The van der Waals surface area contributed by atoms with E-state index < -0.39 is 0 Å². The summed E-state index contributed by atoms with van der Waals surface area (Å²) in [6, 6.07) is 8.23. The van der Waals surface area contributed by atoms with Gasteiger partial charge < -0.3 is 9.64 Å². The second-order valence-corrected chi connectivity index (χ2v) is 3.76. The van der Waals surface area contributed by atoms with Crippen molar-refractivity contribution in [3.05, 3.63) is 36.9 Å². The van der Waals surface area contributed by atoms with Crippen molar-refractivity contribution in [2.24, 2.45) is 0 Å². The highest BCUT2D eigenvalue weighted by Gasteiger charge is 2.15. The molecule has 15 heavy (non-hydrogen) atoms. The summed E-state index contributed by atoms with van der Waals surface area (Å²) < 4.78 is 5.64. The topological polar surface area (TPSA) is 12.5 Å². The zero-order valence-electron chi connectivity index (χ0n) is 8.98. The number of benzene rings is 1. The van der Waals surface area contributed by atoms with Gasteiger partial charge in [-0.05, 0) is 25.0 Å². The van der Waals surface area contributed by atoms with Crippen molar-refractivity contribution >= 4 is 5.69 Å². The lowest BCUT2D eigenvalue weighted by Gasteiger charge is -2.20. The van der Waals surface area contributed by atoms with Crippen LogP contribution in [0.5, 0.6) is 5.75 Å². The molecule has 0 saturated carbocycles. The molecule has 1 fully saturated rings. The van der Waals surface area contributed by atoms with Crippen LogP contribution in [-0.4, -0.2) is 19.7 Å². The minimum Gasteiger partial charge on any atom is -0.487 e. The summed E-state index contributed by atoms with van der Waals surface area (Å²) in [7, 11) is 0. The summed E-state index contributed by atoms with van der Waals surface area (Å²) in [4.78, 5) is 2.39. The average molecular weight is 203 g/mol. The molecule has 0 aromatic heterocycles. The van der Waals surface area contributed by atoms with Crippen molar-refractivity contribution in [3.8, 4) is 5.75 Å². The number of ether oxygens (including phenoxy) is 1. The van der Waals surface area contributed by atoms with Gasteiger partial charge in [0.05, 0.1) is 5.69 Å². The van der Waals surface area contributed by atoms with Crippen LogP contribution in [0.25, 0.3) is 0 Å². The van der Waals surface area contributed by atoms with Crippen molar-refractivity contribution in [1.29, 1.82) is 0 Å². The van der Waals surface area contributed by atoms with Crippen molar-refractivity contribution in [3.63, 3.8) is 0 Å². The van der Waals surface area contributed by atoms with Gasteiger partial charge in [-0.1, -0.05) is 24.8 Å². The minimum absolute atomic E-state index is 0.574. The summed E-state index contributed by atoms with van der Waals surface area (Å²) in [5, 5.41) is 0. The van der Waals surface area contributed by atoms with Gasteiger partial charge >= 0.3 is 0 Å². The van der Waals surface area contributed by atoms with E-state index in [2.05, 4.69) is 23.6 Å². The summed E-state index contributed by atoms with van der Waals surface area (Å²) in [6.07, 6.45) is 4.35. The molecule has 0 aliphatic carbocycles. The molecule has 80 valence electrons. The third-order valence-electron chi connectivity index (χ3n) is 2.67. The molecule has 0 N–H and O–H groups in total. The maximum atomic E-state index is 5.64. The third-order valence-corrected chi connectivity index (χ3v) is 2.67. The number of hydrogen-bond donors (Lipinski definition) is 0. The number of nitrogens with zero attached hydrogens (tertiary/aromatic N) is 1. The van der Waals surface area contributed by atoms with E-state index in [9.17, 15) is 0 Å². The van der Waals surface area contributed by atoms with E-state index >= 15 is 0 Å². The van der Waals surface area contributed by atoms with Crippen LogP contribution in [0.1, 0.15) is 12.8 Å². The van der Waals surface area contributed by atoms with Gasteiger partial charge in [0.2, 0.25) is 0 Å². The van der Waals surface area contributed by atoms with Gasteiger partial charge in [0.1, 0.15) is 12.4 Å². The zero-order chi connectivity index (χ0) is 10.5. The van der Waals surface area contributed by atoms with Gasteiger partial charge in [-0.2, -0.15) is 0 Å². The first-order chi connectivity index (χ1) is 7.42. The van der Waals surface area contributed by atoms with Crippen LogP contribution >= 0.6 is 0 Å². The predicted molar refractivity (Wildman–Crippen MR) is 63.6 cm³/mol. The van der Waals surface area contributed by atoms with Gasteiger partial charge in [-0.25, -0.2) is 0 Å². The Morgan fingerprint density at radius 1 is 1.27 bits per heavy atom. The lowest BCUT2D eigenvalue weighted by Crippen LogP contribution is -2.18. The van der Waals surface area contributed by atoms with E-state index in [4.69, 9.17) is 4.74 Å². The summed E-state index contributed by atoms with van der Waals surface area (Å²) in [5.74, 6) is 0.972. The number of para-hydroxylation sites is 2. The Hall–Kier alpha value is -1.44. The Morgan fingerprint density at radius 2 is 2.00 bits per heavy atom. The number of rotatable bonds is 4. The van der Waals surface area contributed by atoms with Crippen molar-refractivity contribution in [2.45, 2.75) is 12.8 Å². The molecule has 0 radical (unpaired) electrons. The van der Waals surface area contributed by atoms with Crippen molar-refractivity contribution in [1.82, 2.24) is 0 Å². The van der Waals surface area contributed by atoms with Crippen LogP contribution in [0.4, 0.5) is 5.69 Å². The number of anilines is 1. The Kier molecular flexibility index (Phi) is 3.28. The van der Waals surface area contributed by atoms with Crippen LogP contribution in [-0.2, 0) is 0 Å². The highest BCUT2D eigenvalue weighted by atomic mass is 16.5. The van der Waals surface area contributed by atoms with E-state index in [1.54, 1.807) is 6.08 Å². The maximum absolute atomic E-state index is 5.64. The molecule has 0 amide bonds. The first-order valence-electron chi connectivity index (χ1n) is 5.49. The first kappa shape index (κ1) is 10.1. The molecule has 2 heteroatoms. The molecule has 2 nitrogen and oxygen atoms in total. The first-order valence-corrected chi connectivity index (χ1v) is 5.49. The fourth-order valence-electron chi connectivity index (χ4n) is 1.95. The summed E-state index contributed by atoms with van der Waals surface area (Å²) in [5.41, 5.74) is 1.22. The molecule has 1 aliphatic rings. The molecule has 1 heterocycles. The van der Waals surface area contributed by atoms with Gasteiger partial charge in [-0.15, -0.1) is 0 Å². The van der Waals surface area contributed by atoms with Crippen molar-refractivity contribution < 1.29 is 4.74 Å². The molecule has 1 aromatic rings. The molecular formula is C13H17NO. The fraction of sp³-hybridized carbons (Fsp3) is 0.385. The fourth-order valence-corrected chi connectivity index (χ4v) is 1.95. The predicted octanol–water partition coefficient (Wildman–Crippen LogP) is 2.85. The van der Waals surface area contributed by atoms with Gasteiger partial charge in [0, 0.05) is 13.1 Å². The van der Waals surface area contributed by atoms with Crippen LogP contribution in [0.15, 0.2) is 36.9 Å². The smallest absolute Gasteiger partial charge is 0.143 e. The highest BCUT2D eigenvalue weighted by molar-refractivity contribution is 5.58. The van der Waals surface area contributed by atoms with Gasteiger partial charge in [0.25, 0.3) is 0 Å². The Labute approximate surface area is 91.2 Å². The van der Waals surface area contributed by atoms with E-state index in [0.29, 0.717) is 6.61 Å². The van der Waals surface area contributed by atoms with Gasteiger partial charge in [-0.3, -0.25) is 0 Å². The van der Waals surface area contributed by atoms with E-state index in [0.717, 1.165) is 18.8 Å². The Balaban J connectivity index is 2.16. The van der Waals surface area contributed by atoms with Gasteiger partial charge in [0.15, 0.2) is 0 Å². The third kappa shape index (κ3) is 2.32. The highest BCUT2D eigenvalue weighted by Crippen LogP contribution is 2.30. The van der Waals surface area contributed by atoms with Crippen molar-refractivity contribution in [2.75, 3.05) is 24.6 Å². The standard InChI is InChI=1S/C13H17NO/c1-2-11-15-13-8-4-3-7-12(13)14-9-5-6-10-14/h2-4,7-8H,1,5-6,9-11H2. The quantitative estimate of drug-likeness (QED) is 0.698. The average Bonchev–Trinajstić information content (AvgIpc) is 2.80. The normalized spacial score (nSPS) is 15.3. The van der Waals surface area contributed by atoms with Crippen LogP contribution in [0.2, 0.25) is 0 Å². The molecule has 1 saturated heterocycles. The molecule has 2 rings (SSSR count). The molecule has 0 spiro atoms. The van der Waals surface area contributed by atoms with E-state index in [-0.39, 0.29) is 0 Å². The van der Waals surface area contributed by atoms with E-state index in [1.807, 2.05) is 12.1 Å². The molecule has 1 aromatic carbocycles. The van der Waals surface area contributed by atoms with Crippen LogP contribution < -0.4 is 9.64 Å². The Bertz CT molecular complexity index is 329.